The number of alkyl halides is 2. The first kappa shape index (κ1) is 34.5. The number of carbonyl (C=O) groups excluding carboxylic acids is 2. The van der Waals surface area contributed by atoms with Gasteiger partial charge in [-0.05, 0) is 33.6 Å². The molecule has 0 aliphatic carbocycles. The minimum Gasteiger partial charge on any atom is -0.444 e. The zero-order valence-electron chi connectivity index (χ0n) is 26.2. The molecule has 16 heteroatoms. The second-order valence-corrected chi connectivity index (χ2v) is 10.9. The summed E-state index contributed by atoms with van der Waals surface area (Å²) in [7, 11) is 0. The molecule has 2 saturated heterocycles. The Hall–Kier alpha value is -3.95. The van der Waals surface area contributed by atoms with Crippen molar-refractivity contribution < 1.29 is 27.8 Å². The van der Waals surface area contributed by atoms with Gasteiger partial charge >= 0.3 is 6.09 Å². The van der Waals surface area contributed by atoms with Crippen molar-refractivity contribution in [2.45, 2.75) is 65.9 Å². The van der Waals surface area contributed by atoms with Crippen molar-refractivity contribution >= 4 is 29.8 Å². The molecule has 0 spiro atoms. The molecule has 4 rings (SSSR count). The molecule has 2 aliphatic heterocycles. The van der Waals surface area contributed by atoms with Crippen molar-refractivity contribution in [3.63, 3.8) is 0 Å². The summed E-state index contributed by atoms with van der Waals surface area (Å²) in [5.41, 5.74) is 4.43. The third-order valence-electron chi connectivity index (χ3n) is 6.59. The van der Waals surface area contributed by atoms with E-state index in [4.69, 9.17) is 15.2 Å². The Bertz CT molecular complexity index is 1230. The highest BCUT2D eigenvalue weighted by Gasteiger charge is 2.27. The first-order valence-electron chi connectivity index (χ1n) is 15.0. The first-order chi connectivity index (χ1) is 21.0. The number of halogens is 2. The van der Waals surface area contributed by atoms with Crippen LogP contribution in [0.3, 0.4) is 0 Å². The highest BCUT2D eigenvalue weighted by Crippen LogP contribution is 2.30. The van der Waals surface area contributed by atoms with E-state index in [1.54, 1.807) is 25.7 Å². The number of nitrogens with two attached hydrogens (primary N) is 1. The maximum atomic E-state index is 13.8. The number of alkyl carbamates (subject to hydrolysis) is 1. The molecule has 244 valence electrons. The summed E-state index contributed by atoms with van der Waals surface area (Å²) in [6, 6.07) is 0. The third kappa shape index (κ3) is 10.1. The van der Waals surface area contributed by atoms with Gasteiger partial charge in [0.1, 0.15) is 11.3 Å². The predicted octanol–water partition coefficient (Wildman–Crippen LogP) is 3.05. The van der Waals surface area contributed by atoms with Gasteiger partial charge in [-0.15, -0.1) is 0 Å². The van der Waals surface area contributed by atoms with E-state index in [1.807, 2.05) is 23.6 Å². The van der Waals surface area contributed by atoms with Gasteiger partial charge in [0, 0.05) is 58.4 Å². The fourth-order valence-electron chi connectivity index (χ4n) is 4.49. The smallest absolute Gasteiger partial charge is 0.407 e. The largest absolute Gasteiger partial charge is 0.444 e. The van der Waals surface area contributed by atoms with Crippen molar-refractivity contribution in [2.24, 2.45) is 0 Å². The SMILES string of the molecule is CC.CC(C)(C)OC(=O)NCCCCC(=O)N1CCN(c2nc(-c3cnc(N)nc3C(F)F)nc(N3CCOCC3)n2)CC1. The molecule has 2 aliphatic rings. The zero-order chi connectivity index (χ0) is 32.3. The molecule has 0 unspecified atom stereocenters. The van der Waals surface area contributed by atoms with Crippen LogP contribution in [-0.2, 0) is 14.3 Å². The van der Waals surface area contributed by atoms with Crippen LogP contribution in [0.5, 0.6) is 0 Å². The fraction of sp³-hybridized carbons (Fsp3) is 0.679. The van der Waals surface area contributed by atoms with Gasteiger partial charge in [0.2, 0.25) is 23.8 Å². The van der Waals surface area contributed by atoms with Gasteiger partial charge < -0.3 is 35.2 Å². The molecule has 0 bridgehead atoms. The second-order valence-electron chi connectivity index (χ2n) is 10.9. The lowest BCUT2D eigenvalue weighted by atomic mass is 10.2. The number of piperazine rings is 1. The third-order valence-corrected chi connectivity index (χ3v) is 6.59. The molecule has 4 heterocycles. The van der Waals surface area contributed by atoms with Crippen LogP contribution < -0.4 is 20.9 Å². The number of hydrogen-bond acceptors (Lipinski definition) is 12. The number of morpholine rings is 1. The van der Waals surface area contributed by atoms with Crippen LogP contribution in [0.25, 0.3) is 11.4 Å². The van der Waals surface area contributed by atoms with Gasteiger partial charge in [-0.3, -0.25) is 4.79 Å². The number of nitrogens with zero attached hydrogens (tertiary/aromatic N) is 8. The number of carbonyl (C=O) groups is 2. The summed E-state index contributed by atoms with van der Waals surface area (Å²) in [4.78, 5) is 51.4. The summed E-state index contributed by atoms with van der Waals surface area (Å²) in [5, 5.41) is 2.70. The summed E-state index contributed by atoms with van der Waals surface area (Å²) in [6.07, 6.45) is -0.535. The number of anilines is 3. The number of unbranched alkanes of at least 4 members (excludes halogenated alkanes) is 1. The van der Waals surface area contributed by atoms with Gasteiger partial charge in [0.15, 0.2) is 5.82 Å². The van der Waals surface area contributed by atoms with Gasteiger partial charge in [0.05, 0.1) is 18.8 Å². The van der Waals surface area contributed by atoms with Crippen LogP contribution in [0.4, 0.5) is 31.4 Å². The Morgan fingerprint density at radius 2 is 1.59 bits per heavy atom. The van der Waals surface area contributed by atoms with Crippen LogP contribution in [0, 0.1) is 0 Å². The molecular weight excluding hydrogens is 578 g/mol. The van der Waals surface area contributed by atoms with E-state index in [0.29, 0.717) is 90.2 Å². The Kier molecular flexibility index (Phi) is 12.7. The quantitative estimate of drug-likeness (QED) is 0.393. The second kappa shape index (κ2) is 16.2. The monoisotopic (exact) mass is 622 g/mol. The molecule has 14 nitrogen and oxygen atoms in total. The Labute approximate surface area is 256 Å². The van der Waals surface area contributed by atoms with E-state index in [2.05, 4.69) is 30.2 Å². The van der Waals surface area contributed by atoms with Gasteiger partial charge in [0.25, 0.3) is 6.43 Å². The molecule has 3 N–H and O–H groups in total. The maximum absolute atomic E-state index is 13.8. The fourth-order valence-corrected chi connectivity index (χ4v) is 4.49. The standard InChI is InChI=1S/C26H38F2N10O4.C2H6/c1-26(2,3)42-25(40)30-7-5-4-6-18(39)36-8-10-37(11-9-36)23-33-21(17-16-31-22(29)32-19(17)20(27)28)34-24(35-23)38-12-14-41-15-13-38;1-2/h16,20H,4-15H2,1-3H3,(H,30,40)(H2,29,31,32);1-2H3. The Morgan fingerprint density at radius 1 is 0.977 bits per heavy atom. The van der Waals surface area contributed by atoms with Gasteiger partial charge in [-0.25, -0.2) is 23.5 Å². The van der Waals surface area contributed by atoms with Gasteiger partial charge in [-0.2, -0.15) is 15.0 Å². The highest BCUT2D eigenvalue weighted by molar-refractivity contribution is 5.76. The van der Waals surface area contributed by atoms with Crippen LogP contribution in [0.15, 0.2) is 6.20 Å². The topological polar surface area (TPSA) is 165 Å². The normalized spacial score (nSPS) is 15.5. The minimum atomic E-state index is -2.90. The number of ether oxygens (including phenoxy) is 2. The van der Waals surface area contributed by atoms with Crippen molar-refractivity contribution in [3.05, 3.63) is 11.9 Å². The minimum absolute atomic E-state index is 0.0210. The lowest BCUT2D eigenvalue weighted by Gasteiger charge is -2.35. The van der Waals surface area contributed by atoms with E-state index in [9.17, 15) is 18.4 Å². The van der Waals surface area contributed by atoms with E-state index in [-0.39, 0.29) is 23.2 Å². The number of amides is 2. The zero-order valence-corrected chi connectivity index (χ0v) is 26.2. The lowest BCUT2D eigenvalue weighted by Crippen LogP contribution is -2.49. The van der Waals surface area contributed by atoms with Crippen LogP contribution in [0.1, 0.15) is 66.0 Å². The van der Waals surface area contributed by atoms with Crippen LogP contribution in [0.2, 0.25) is 0 Å². The molecule has 44 heavy (non-hydrogen) atoms. The van der Waals surface area contributed by atoms with Crippen molar-refractivity contribution in [1.82, 2.24) is 35.1 Å². The number of aromatic nitrogens is 5. The number of nitrogens with one attached hydrogen (secondary N) is 1. The van der Waals surface area contributed by atoms with E-state index >= 15 is 0 Å². The maximum Gasteiger partial charge on any atom is 0.407 e. The summed E-state index contributed by atoms with van der Waals surface area (Å²) >= 11 is 0. The number of nitrogen functional groups attached to an aromatic ring is 1. The van der Waals surface area contributed by atoms with E-state index < -0.39 is 23.8 Å². The first-order valence-corrected chi connectivity index (χ1v) is 15.0. The van der Waals surface area contributed by atoms with Crippen molar-refractivity contribution in [3.8, 4) is 11.4 Å². The lowest BCUT2D eigenvalue weighted by molar-refractivity contribution is -0.131. The molecule has 0 saturated carbocycles. The molecule has 0 radical (unpaired) electrons. The van der Waals surface area contributed by atoms with Crippen molar-refractivity contribution in [2.75, 3.05) is 74.6 Å². The summed E-state index contributed by atoms with van der Waals surface area (Å²) in [5.74, 6) is 0.442. The molecule has 2 aromatic rings. The predicted molar refractivity (Wildman–Crippen MR) is 161 cm³/mol. The van der Waals surface area contributed by atoms with E-state index in [0.717, 1.165) is 0 Å². The number of hydrogen-bond donors (Lipinski definition) is 2. The Balaban J connectivity index is 0.00000259. The number of rotatable bonds is 9. The van der Waals surface area contributed by atoms with Gasteiger partial charge in [-0.1, -0.05) is 13.8 Å². The highest BCUT2D eigenvalue weighted by atomic mass is 19.3. The molecule has 0 aromatic carbocycles. The van der Waals surface area contributed by atoms with Crippen LogP contribution in [-0.4, -0.2) is 106 Å². The average Bonchev–Trinajstić information content (AvgIpc) is 3.01. The van der Waals surface area contributed by atoms with E-state index in [1.165, 1.54) is 6.20 Å². The molecule has 0 atom stereocenters. The molecule has 2 fully saturated rings. The summed E-state index contributed by atoms with van der Waals surface area (Å²) in [6.45, 7) is 13.7. The molecular formula is C28H44F2N10O4. The van der Waals surface area contributed by atoms with Crippen molar-refractivity contribution in [1.29, 1.82) is 0 Å². The Morgan fingerprint density at radius 3 is 2.18 bits per heavy atom. The average molecular weight is 623 g/mol. The molecule has 2 amide bonds. The molecule has 2 aromatic heterocycles. The summed E-state index contributed by atoms with van der Waals surface area (Å²) < 4.78 is 38.3. The van der Waals surface area contributed by atoms with Crippen LogP contribution >= 0.6 is 0 Å².